The number of nitrogens with zero attached hydrogens (tertiary/aromatic N) is 1. The molecule has 98 valence electrons. The van der Waals surface area contributed by atoms with Gasteiger partial charge in [-0.15, -0.1) is 0 Å². The number of hydrogen-bond acceptors (Lipinski definition) is 3. The van der Waals surface area contributed by atoms with E-state index < -0.39 is 0 Å². The summed E-state index contributed by atoms with van der Waals surface area (Å²) < 4.78 is 0. The molecule has 0 spiro atoms. The van der Waals surface area contributed by atoms with E-state index in [9.17, 15) is 4.79 Å². The summed E-state index contributed by atoms with van der Waals surface area (Å²) in [4.78, 5) is 15.7. The Balaban J connectivity index is 1.88. The Morgan fingerprint density at radius 2 is 2.00 bits per heavy atom. The normalized spacial score (nSPS) is 10.2. The van der Waals surface area contributed by atoms with Crippen LogP contribution in [-0.2, 0) is 6.42 Å². The third-order valence-electron chi connectivity index (χ3n) is 2.71. The maximum absolute atomic E-state index is 11.9. The minimum Gasteiger partial charge on any atom is -0.398 e. The Kier molecular flexibility index (Phi) is 4.36. The molecule has 1 heterocycles. The molecule has 0 fully saturated rings. The van der Waals surface area contributed by atoms with Gasteiger partial charge in [-0.05, 0) is 30.2 Å². The Morgan fingerprint density at radius 3 is 2.68 bits per heavy atom. The van der Waals surface area contributed by atoms with Crippen LogP contribution in [0.1, 0.15) is 15.9 Å². The molecule has 0 saturated carbocycles. The third-order valence-corrected chi connectivity index (χ3v) is 2.96. The minimum atomic E-state index is -0.209. The van der Waals surface area contributed by atoms with Crippen LogP contribution in [0.25, 0.3) is 0 Å². The second-order valence-corrected chi connectivity index (χ2v) is 4.53. The lowest BCUT2D eigenvalue weighted by molar-refractivity contribution is 0.0954. The molecule has 1 aromatic carbocycles. The van der Waals surface area contributed by atoms with Gasteiger partial charge in [0.2, 0.25) is 0 Å². The van der Waals surface area contributed by atoms with Gasteiger partial charge in [0.15, 0.2) is 0 Å². The molecule has 0 saturated heterocycles. The van der Waals surface area contributed by atoms with Gasteiger partial charge in [-0.25, -0.2) is 0 Å². The molecule has 1 aromatic heterocycles. The predicted molar refractivity (Wildman–Crippen MR) is 76.1 cm³/mol. The number of nitrogens with one attached hydrogen (secondary N) is 1. The number of benzene rings is 1. The van der Waals surface area contributed by atoms with Crippen molar-refractivity contribution in [3.05, 3.63) is 58.9 Å². The van der Waals surface area contributed by atoms with Crippen LogP contribution in [0, 0.1) is 0 Å². The summed E-state index contributed by atoms with van der Waals surface area (Å²) in [5.41, 5.74) is 7.65. The van der Waals surface area contributed by atoms with Crippen molar-refractivity contribution in [3.8, 4) is 0 Å². The zero-order chi connectivity index (χ0) is 13.7. The van der Waals surface area contributed by atoms with E-state index >= 15 is 0 Å². The summed E-state index contributed by atoms with van der Waals surface area (Å²) in [5, 5.41) is 3.52. The Hall–Kier alpha value is -2.07. The number of nitrogens with two attached hydrogens (primary N) is 1. The van der Waals surface area contributed by atoms with Crippen LogP contribution >= 0.6 is 11.6 Å². The Morgan fingerprint density at radius 1 is 1.26 bits per heavy atom. The Labute approximate surface area is 116 Å². The summed E-state index contributed by atoms with van der Waals surface area (Å²) in [5.74, 6) is -0.209. The van der Waals surface area contributed by atoms with E-state index in [2.05, 4.69) is 10.3 Å². The van der Waals surface area contributed by atoms with E-state index in [-0.39, 0.29) is 5.91 Å². The lowest BCUT2D eigenvalue weighted by atomic mass is 10.1. The second-order valence-electron chi connectivity index (χ2n) is 4.10. The van der Waals surface area contributed by atoms with Crippen LogP contribution in [0.4, 0.5) is 5.69 Å². The van der Waals surface area contributed by atoms with E-state index in [1.165, 1.54) is 6.20 Å². The maximum Gasteiger partial charge on any atom is 0.254 e. The fourth-order valence-electron chi connectivity index (χ4n) is 1.66. The van der Waals surface area contributed by atoms with Gasteiger partial charge in [-0.3, -0.25) is 9.78 Å². The van der Waals surface area contributed by atoms with Gasteiger partial charge in [-0.2, -0.15) is 0 Å². The van der Waals surface area contributed by atoms with Crippen molar-refractivity contribution in [3.63, 3.8) is 0 Å². The van der Waals surface area contributed by atoms with Crippen LogP contribution in [0.15, 0.2) is 42.7 Å². The van der Waals surface area contributed by atoms with E-state index in [4.69, 9.17) is 17.3 Å². The molecule has 1 amide bonds. The number of carbonyl (C=O) groups is 1. The number of halogens is 1. The molecule has 0 aliphatic carbocycles. The predicted octanol–water partition coefficient (Wildman–Crippen LogP) is 2.29. The zero-order valence-corrected chi connectivity index (χ0v) is 11.0. The first-order valence-electron chi connectivity index (χ1n) is 5.89. The van der Waals surface area contributed by atoms with Crippen LogP contribution in [-0.4, -0.2) is 17.4 Å². The largest absolute Gasteiger partial charge is 0.398 e. The molecule has 4 nitrogen and oxygen atoms in total. The topological polar surface area (TPSA) is 68.0 Å². The van der Waals surface area contributed by atoms with Gasteiger partial charge in [0.1, 0.15) is 0 Å². The van der Waals surface area contributed by atoms with Gasteiger partial charge in [0, 0.05) is 29.6 Å². The molecule has 0 bridgehead atoms. The van der Waals surface area contributed by atoms with Crippen LogP contribution in [0.3, 0.4) is 0 Å². The number of rotatable bonds is 4. The number of pyridine rings is 1. The molecular weight excluding hydrogens is 262 g/mol. The first kappa shape index (κ1) is 13.4. The minimum absolute atomic E-state index is 0.209. The first-order chi connectivity index (χ1) is 9.16. The van der Waals surface area contributed by atoms with E-state index in [0.29, 0.717) is 22.8 Å². The SMILES string of the molecule is Nc1ccncc1C(=O)NCCc1ccc(Cl)cc1. The molecule has 0 atom stereocenters. The molecular formula is C14H14ClN3O. The van der Waals surface area contributed by atoms with Crippen LogP contribution in [0.2, 0.25) is 5.02 Å². The highest BCUT2D eigenvalue weighted by Gasteiger charge is 2.08. The van der Waals surface area contributed by atoms with Gasteiger partial charge in [-0.1, -0.05) is 23.7 Å². The van der Waals surface area contributed by atoms with E-state index in [1.54, 1.807) is 12.3 Å². The van der Waals surface area contributed by atoms with Crippen molar-refractivity contribution in [1.29, 1.82) is 0 Å². The monoisotopic (exact) mass is 275 g/mol. The zero-order valence-electron chi connectivity index (χ0n) is 10.3. The Bertz CT molecular complexity index is 569. The second kappa shape index (κ2) is 6.20. The van der Waals surface area contributed by atoms with Crippen LogP contribution < -0.4 is 11.1 Å². The van der Waals surface area contributed by atoms with Crippen molar-refractivity contribution in [2.45, 2.75) is 6.42 Å². The van der Waals surface area contributed by atoms with E-state index in [0.717, 1.165) is 12.0 Å². The van der Waals surface area contributed by atoms with Crippen LogP contribution in [0.5, 0.6) is 0 Å². The van der Waals surface area contributed by atoms with Crippen molar-refractivity contribution in [1.82, 2.24) is 10.3 Å². The number of aromatic nitrogens is 1. The third kappa shape index (κ3) is 3.69. The summed E-state index contributed by atoms with van der Waals surface area (Å²) in [7, 11) is 0. The molecule has 19 heavy (non-hydrogen) atoms. The summed E-state index contributed by atoms with van der Waals surface area (Å²) >= 11 is 5.80. The fraction of sp³-hybridized carbons (Fsp3) is 0.143. The number of amides is 1. The first-order valence-corrected chi connectivity index (χ1v) is 6.27. The smallest absolute Gasteiger partial charge is 0.254 e. The van der Waals surface area contributed by atoms with E-state index in [1.807, 2.05) is 24.3 Å². The summed E-state index contributed by atoms with van der Waals surface area (Å²) in [6.07, 6.45) is 3.76. The number of hydrogen-bond donors (Lipinski definition) is 2. The lowest BCUT2D eigenvalue weighted by Crippen LogP contribution is -2.26. The molecule has 2 rings (SSSR count). The molecule has 0 aliphatic rings. The lowest BCUT2D eigenvalue weighted by Gasteiger charge is -2.07. The average Bonchev–Trinajstić information content (AvgIpc) is 2.41. The molecule has 0 radical (unpaired) electrons. The number of anilines is 1. The number of nitrogen functional groups attached to an aromatic ring is 1. The van der Waals surface area contributed by atoms with Crippen molar-refractivity contribution in [2.75, 3.05) is 12.3 Å². The molecule has 0 aliphatic heterocycles. The molecule has 5 heteroatoms. The highest BCUT2D eigenvalue weighted by atomic mass is 35.5. The van der Waals surface area contributed by atoms with Crippen molar-refractivity contribution < 1.29 is 4.79 Å². The summed E-state index contributed by atoms with van der Waals surface area (Å²) in [6.45, 7) is 0.537. The van der Waals surface area contributed by atoms with Crippen molar-refractivity contribution in [2.24, 2.45) is 0 Å². The van der Waals surface area contributed by atoms with Gasteiger partial charge in [0.25, 0.3) is 5.91 Å². The number of carbonyl (C=O) groups excluding carboxylic acids is 1. The molecule has 0 unspecified atom stereocenters. The standard InChI is InChI=1S/C14H14ClN3O/c15-11-3-1-10(2-4-11)5-8-18-14(19)12-9-17-7-6-13(12)16/h1-4,6-7,9H,5,8H2,(H2,16,17)(H,18,19). The maximum atomic E-state index is 11.9. The highest BCUT2D eigenvalue weighted by molar-refractivity contribution is 6.30. The fourth-order valence-corrected chi connectivity index (χ4v) is 1.79. The highest BCUT2D eigenvalue weighted by Crippen LogP contribution is 2.10. The molecule has 2 aromatic rings. The molecule has 3 N–H and O–H groups in total. The van der Waals surface area contributed by atoms with Gasteiger partial charge in [0.05, 0.1) is 5.56 Å². The quantitative estimate of drug-likeness (QED) is 0.900. The summed E-state index contributed by atoms with van der Waals surface area (Å²) in [6, 6.07) is 9.14. The van der Waals surface area contributed by atoms with Gasteiger partial charge < -0.3 is 11.1 Å². The van der Waals surface area contributed by atoms with Crippen molar-refractivity contribution >= 4 is 23.2 Å². The average molecular weight is 276 g/mol. The van der Waals surface area contributed by atoms with Gasteiger partial charge >= 0.3 is 0 Å².